The Hall–Kier alpha value is -3.34. The number of piperidine rings is 1. The van der Waals surface area contributed by atoms with Gasteiger partial charge in [-0.3, -0.25) is 0 Å². The van der Waals surface area contributed by atoms with Gasteiger partial charge >= 0.3 is 6.09 Å². The number of aromatic nitrogens is 1. The summed E-state index contributed by atoms with van der Waals surface area (Å²) >= 11 is 0. The highest BCUT2D eigenvalue weighted by Gasteiger charge is 2.59. The van der Waals surface area contributed by atoms with E-state index in [1.54, 1.807) is 0 Å². The largest absolute Gasteiger partial charge is 0.473 e. The molecule has 3 aromatic rings. The lowest BCUT2D eigenvalue weighted by atomic mass is 9.91. The molecule has 1 aliphatic heterocycles. The minimum Gasteiger partial charge on any atom is -0.473 e. The fourth-order valence-corrected chi connectivity index (χ4v) is 4.54. The van der Waals surface area contributed by atoms with E-state index in [1.807, 2.05) is 77.7 Å². The predicted molar refractivity (Wildman–Crippen MR) is 118 cm³/mol. The van der Waals surface area contributed by atoms with Crippen molar-refractivity contribution in [3.05, 3.63) is 95.7 Å². The molecular formula is C26H26N2O3. The molecule has 0 N–H and O–H groups in total. The summed E-state index contributed by atoms with van der Waals surface area (Å²) in [5.74, 6) is 1.09. The number of benzene rings is 2. The molecule has 5 heteroatoms. The fourth-order valence-electron chi connectivity index (χ4n) is 4.54. The molecule has 1 saturated carbocycles. The summed E-state index contributed by atoms with van der Waals surface area (Å²) < 4.78 is 11.4. The lowest BCUT2D eigenvalue weighted by molar-refractivity contribution is 0.0856. The Morgan fingerprint density at radius 3 is 2.35 bits per heavy atom. The van der Waals surface area contributed by atoms with Gasteiger partial charge in [-0.15, -0.1) is 0 Å². The molecule has 1 aromatic heterocycles. The SMILES string of the molecule is O=C(OCc1ccccc1)N1CCC2(c3cccc(OCc4ccccc4)n3)CC2C1. The van der Waals surface area contributed by atoms with Crippen molar-refractivity contribution in [3.63, 3.8) is 0 Å². The van der Waals surface area contributed by atoms with Crippen molar-refractivity contribution >= 4 is 6.09 Å². The Kier molecular flexibility index (Phi) is 5.33. The third kappa shape index (κ3) is 4.26. The van der Waals surface area contributed by atoms with Gasteiger partial charge in [-0.05, 0) is 36.0 Å². The van der Waals surface area contributed by atoms with E-state index in [-0.39, 0.29) is 11.5 Å². The highest BCUT2D eigenvalue weighted by molar-refractivity contribution is 5.68. The van der Waals surface area contributed by atoms with E-state index in [9.17, 15) is 4.79 Å². The van der Waals surface area contributed by atoms with Crippen LogP contribution in [0.2, 0.25) is 0 Å². The Balaban J connectivity index is 1.17. The van der Waals surface area contributed by atoms with E-state index in [4.69, 9.17) is 14.5 Å². The zero-order chi connectivity index (χ0) is 21.1. The van der Waals surface area contributed by atoms with E-state index in [2.05, 4.69) is 6.07 Å². The van der Waals surface area contributed by atoms with Crippen molar-refractivity contribution in [1.29, 1.82) is 0 Å². The first-order valence-electron chi connectivity index (χ1n) is 10.8. The number of amides is 1. The van der Waals surface area contributed by atoms with Crippen LogP contribution in [0.3, 0.4) is 0 Å². The molecule has 2 aromatic carbocycles. The quantitative estimate of drug-likeness (QED) is 0.572. The average Bonchev–Trinajstić information content (AvgIpc) is 3.58. The number of nitrogens with zero attached hydrogens (tertiary/aromatic N) is 2. The number of carbonyl (C=O) groups excluding carboxylic acids is 1. The molecule has 0 radical (unpaired) electrons. The Morgan fingerprint density at radius 2 is 1.65 bits per heavy atom. The number of pyridine rings is 1. The Morgan fingerprint density at radius 1 is 0.935 bits per heavy atom. The molecule has 1 aliphatic carbocycles. The minimum absolute atomic E-state index is 0.0718. The van der Waals surface area contributed by atoms with Crippen molar-refractivity contribution in [2.75, 3.05) is 13.1 Å². The maximum atomic E-state index is 12.5. The summed E-state index contributed by atoms with van der Waals surface area (Å²) in [6, 6.07) is 25.9. The first-order valence-corrected chi connectivity index (χ1v) is 10.8. The third-order valence-corrected chi connectivity index (χ3v) is 6.43. The van der Waals surface area contributed by atoms with Crippen LogP contribution in [0.5, 0.6) is 5.88 Å². The standard InChI is InChI=1S/C26H26N2O3/c29-25(31-19-21-10-5-2-6-11-21)28-15-14-26(16-22(26)17-28)23-12-7-13-24(27-23)30-18-20-8-3-1-4-9-20/h1-13,22H,14-19H2. The van der Waals surface area contributed by atoms with Gasteiger partial charge in [0.05, 0.1) is 5.69 Å². The van der Waals surface area contributed by atoms with Gasteiger partial charge in [0.1, 0.15) is 13.2 Å². The normalized spacial score (nSPS) is 21.8. The number of ether oxygens (including phenoxy) is 2. The first-order chi connectivity index (χ1) is 15.2. The van der Waals surface area contributed by atoms with Gasteiger partial charge in [-0.2, -0.15) is 0 Å². The van der Waals surface area contributed by atoms with E-state index in [0.717, 1.165) is 36.2 Å². The second-order valence-corrected chi connectivity index (χ2v) is 8.43. The fraction of sp³-hybridized carbons (Fsp3) is 0.308. The smallest absolute Gasteiger partial charge is 0.410 e. The topological polar surface area (TPSA) is 51.7 Å². The molecule has 5 nitrogen and oxygen atoms in total. The van der Waals surface area contributed by atoms with Crippen LogP contribution in [0.4, 0.5) is 4.79 Å². The summed E-state index contributed by atoms with van der Waals surface area (Å²) in [6.07, 6.45) is 1.75. The summed E-state index contributed by atoms with van der Waals surface area (Å²) in [5.41, 5.74) is 3.28. The molecule has 2 unspecified atom stereocenters. The van der Waals surface area contributed by atoms with Gasteiger partial charge in [0.15, 0.2) is 0 Å². The lowest BCUT2D eigenvalue weighted by Gasteiger charge is -2.31. The van der Waals surface area contributed by atoms with Crippen LogP contribution in [0.25, 0.3) is 0 Å². The van der Waals surface area contributed by atoms with Gasteiger partial charge in [-0.25, -0.2) is 9.78 Å². The first kappa shape index (κ1) is 19.6. The van der Waals surface area contributed by atoms with Crippen molar-refractivity contribution in [2.24, 2.45) is 5.92 Å². The van der Waals surface area contributed by atoms with Crippen LogP contribution in [0.1, 0.15) is 29.7 Å². The number of fused-ring (bicyclic) bond motifs is 1. The third-order valence-electron chi connectivity index (χ3n) is 6.43. The maximum Gasteiger partial charge on any atom is 0.410 e. The molecule has 0 bridgehead atoms. The zero-order valence-electron chi connectivity index (χ0n) is 17.4. The number of likely N-dealkylation sites (tertiary alicyclic amines) is 1. The van der Waals surface area contributed by atoms with Gasteiger partial charge in [0, 0.05) is 24.6 Å². The molecule has 2 fully saturated rings. The molecule has 2 atom stereocenters. The monoisotopic (exact) mass is 414 g/mol. The zero-order valence-corrected chi connectivity index (χ0v) is 17.4. The molecule has 2 heterocycles. The summed E-state index contributed by atoms with van der Waals surface area (Å²) in [7, 11) is 0. The van der Waals surface area contributed by atoms with Gasteiger partial charge in [0.2, 0.25) is 5.88 Å². The highest BCUT2D eigenvalue weighted by atomic mass is 16.6. The molecule has 0 spiro atoms. The van der Waals surface area contributed by atoms with Gasteiger partial charge in [0.25, 0.3) is 0 Å². The van der Waals surface area contributed by atoms with Gasteiger partial charge in [-0.1, -0.05) is 66.7 Å². The summed E-state index contributed by atoms with van der Waals surface area (Å²) in [4.78, 5) is 19.2. The summed E-state index contributed by atoms with van der Waals surface area (Å²) in [6.45, 7) is 2.24. The number of rotatable bonds is 6. The van der Waals surface area contributed by atoms with Crippen LogP contribution in [0, 0.1) is 5.92 Å². The predicted octanol–water partition coefficient (Wildman–Crippen LogP) is 4.96. The number of hydrogen-bond donors (Lipinski definition) is 0. The minimum atomic E-state index is -0.225. The van der Waals surface area contributed by atoms with E-state index >= 15 is 0 Å². The van der Waals surface area contributed by atoms with Crippen molar-refractivity contribution in [3.8, 4) is 5.88 Å². The van der Waals surface area contributed by atoms with E-state index in [0.29, 0.717) is 31.6 Å². The van der Waals surface area contributed by atoms with Crippen LogP contribution in [-0.4, -0.2) is 29.1 Å². The van der Waals surface area contributed by atoms with Crippen molar-refractivity contribution in [1.82, 2.24) is 9.88 Å². The molecule has 5 rings (SSSR count). The maximum absolute atomic E-state index is 12.5. The Labute approximate surface area is 182 Å². The second-order valence-electron chi connectivity index (χ2n) is 8.43. The van der Waals surface area contributed by atoms with Crippen LogP contribution < -0.4 is 4.74 Å². The van der Waals surface area contributed by atoms with Crippen molar-refractivity contribution in [2.45, 2.75) is 31.5 Å². The number of carbonyl (C=O) groups is 1. The van der Waals surface area contributed by atoms with Gasteiger partial charge < -0.3 is 14.4 Å². The average molecular weight is 415 g/mol. The van der Waals surface area contributed by atoms with Crippen LogP contribution in [0.15, 0.2) is 78.9 Å². The molecule has 158 valence electrons. The van der Waals surface area contributed by atoms with Crippen LogP contribution >= 0.6 is 0 Å². The molecular weight excluding hydrogens is 388 g/mol. The summed E-state index contributed by atoms with van der Waals surface area (Å²) in [5, 5.41) is 0. The number of hydrogen-bond acceptors (Lipinski definition) is 4. The molecule has 1 amide bonds. The van der Waals surface area contributed by atoms with E-state index < -0.39 is 0 Å². The second kappa shape index (κ2) is 8.42. The molecule has 31 heavy (non-hydrogen) atoms. The lowest BCUT2D eigenvalue weighted by Crippen LogP contribution is -2.40. The van der Waals surface area contributed by atoms with Crippen LogP contribution in [-0.2, 0) is 23.4 Å². The highest BCUT2D eigenvalue weighted by Crippen LogP contribution is 2.58. The van der Waals surface area contributed by atoms with E-state index in [1.165, 1.54) is 0 Å². The molecule has 1 saturated heterocycles. The van der Waals surface area contributed by atoms with Crippen molar-refractivity contribution < 1.29 is 14.3 Å². The molecule has 2 aliphatic rings. The Bertz CT molecular complexity index is 1040.